The molecule has 0 aliphatic heterocycles. The van der Waals surface area contributed by atoms with E-state index in [0.29, 0.717) is 0 Å². The molecule has 5 aromatic rings. The van der Waals surface area contributed by atoms with E-state index in [1.54, 1.807) is 0 Å². The van der Waals surface area contributed by atoms with Gasteiger partial charge >= 0.3 is 0 Å². The molecule has 0 saturated carbocycles. The van der Waals surface area contributed by atoms with Crippen LogP contribution in [0.15, 0.2) is 72.8 Å². The lowest BCUT2D eigenvalue weighted by molar-refractivity contribution is 0.242. The molecule has 5 rings (SSSR count). The van der Waals surface area contributed by atoms with Gasteiger partial charge in [0, 0.05) is 11.9 Å². The van der Waals surface area contributed by atoms with Crippen LogP contribution in [0.5, 0.6) is 5.75 Å². The van der Waals surface area contributed by atoms with Gasteiger partial charge in [-0.05, 0) is 49.7 Å². The molecule has 3 aromatic carbocycles. The molecular formula is C24H21N3O. The maximum atomic E-state index is 5.76. The molecule has 2 heterocycles. The van der Waals surface area contributed by atoms with Crippen LogP contribution < -0.4 is 4.74 Å². The Balaban J connectivity index is 1.65. The zero-order valence-electron chi connectivity index (χ0n) is 16.0. The second-order valence-electron chi connectivity index (χ2n) is 7.30. The summed E-state index contributed by atoms with van der Waals surface area (Å²) in [5, 5.41) is 1.13. The molecular weight excluding hydrogens is 346 g/mol. The predicted molar refractivity (Wildman–Crippen MR) is 114 cm³/mol. The highest BCUT2D eigenvalue weighted by molar-refractivity contribution is 6.06. The molecule has 0 aliphatic rings. The minimum absolute atomic E-state index is 0.173. The van der Waals surface area contributed by atoms with Crippen LogP contribution in [0.1, 0.15) is 19.4 Å². The summed E-state index contributed by atoms with van der Waals surface area (Å²) in [4.78, 5) is 9.86. The van der Waals surface area contributed by atoms with Gasteiger partial charge in [0.15, 0.2) is 5.65 Å². The van der Waals surface area contributed by atoms with Crippen LogP contribution in [0.3, 0.4) is 0 Å². The van der Waals surface area contributed by atoms with Crippen molar-refractivity contribution in [2.75, 3.05) is 0 Å². The molecule has 0 N–H and O–H groups in total. The first-order chi connectivity index (χ1) is 13.7. The van der Waals surface area contributed by atoms with E-state index < -0.39 is 0 Å². The SMILES string of the molecule is CC(C)Oc1ccc(Cn2c3ccccc3c3nc4ccccc4nc32)cc1. The maximum absolute atomic E-state index is 5.76. The number of aromatic nitrogens is 3. The van der Waals surface area contributed by atoms with Crippen LogP contribution in [-0.4, -0.2) is 20.6 Å². The van der Waals surface area contributed by atoms with Crippen molar-refractivity contribution in [2.24, 2.45) is 0 Å². The van der Waals surface area contributed by atoms with Crippen molar-refractivity contribution in [1.29, 1.82) is 0 Å². The Bertz CT molecular complexity index is 1290. The van der Waals surface area contributed by atoms with Crippen LogP contribution >= 0.6 is 0 Å². The van der Waals surface area contributed by atoms with E-state index in [9.17, 15) is 0 Å². The third kappa shape index (κ3) is 2.87. The number of ether oxygens (including phenoxy) is 1. The van der Waals surface area contributed by atoms with E-state index in [4.69, 9.17) is 14.7 Å². The number of benzene rings is 3. The standard InChI is InChI=1S/C24H21N3O/c1-16(2)28-18-13-11-17(12-14-18)15-27-22-10-6-3-7-19(22)23-24(27)26-21-9-5-4-8-20(21)25-23/h3-14,16H,15H2,1-2H3. The molecule has 138 valence electrons. The molecule has 0 amide bonds. The molecule has 0 bridgehead atoms. The van der Waals surface area contributed by atoms with Gasteiger partial charge in [0.25, 0.3) is 0 Å². The molecule has 0 radical (unpaired) electrons. The first kappa shape index (κ1) is 16.8. The van der Waals surface area contributed by atoms with Crippen molar-refractivity contribution in [3.8, 4) is 5.75 Å². The van der Waals surface area contributed by atoms with Crippen LogP contribution in [0, 0.1) is 0 Å². The molecule has 0 fully saturated rings. The molecule has 2 aromatic heterocycles. The van der Waals surface area contributed by atoms with Crippen LogP contribution in [0.2, 0.25) is 0 Å². The van der Waals surface area contributed by atoms with Crippen LogP contribution in [-0.2, 0) is 6.54 Å². The van der Waals surface area contributed by atoms with Crippen molar-refractivity contribution in [3.63, 3.8) is 0 Å². The minimum Gasteiger partial charge on any atom is -0.491 e. The summed E-state index contributed by atoms with van der Waals surface area (Å²) in [7, 11) is 0. The third-order valence-electron chi connectivity index (χ3n) is 4.89. The van der Waals surface area contributed by atoms with Crippen molar-refractivity contribution in [3.05, 3.63) is 78.4 Å². The highest BCUT2D eigenvalue weighted by Crippen LogP contribution is 2.29. The van der Waals surface area contributed by atoms with E-state index in [1.807, 2.05) is 50.2 Å². The zero-order valence-corrected chi connectivity index (χ0v) is 16.0. The fraction of sp³-hybridized carbons (Fsp3) is 0.167. The van der Waals surface area contributed by atoms with Gasteiger partial charge in [0.05, 0.1) is 22.7 Å². The van der Waals surface area contributed by atoms with Gasteiger partial charge in [-0.25, -0.2) is 9.97 Å². The van der Waals surface area contributed by atoms with Crippen molar-refractivity contribution in [1.82, 2.24) is 14.5 Å². The fourth-order valence-electron chi connectivity index (χ4n) is 3.67. The first-order valence-electron chi connectivity index (χ1n) is 9.58. The molecule has 4 heteroatoms. The summed E-state index contributed by atoms with van der Waals surface area (Å²) in [5.41, 5.74) is 6.06. The third-order valence-corrected chi connectivity index (χ3v) is 4.89. The summed E-state index contributed by atoms with van der Waals surface area (Å²) in [6.45, 7) is 4.81. The number of para-hydroxylation sites is 3. The Morgan fingerprint density at radius 2 is 1.50 bits per heavy atom. The summed E-state index contributed by atoms with van der Waals surface area (Å²) < 4.78 is 8.02. The van der Waals surface area contributed by atoms with Gasteiger partial charge in [-0.15, -0.1) is 0 Å². The predicted octanol–water partition coefficient (Wildman–Crippen LogP) is 5.57. The van der Waals surface area contributed by atoms with E-state index in [2.05, 4.69) is 41.0 Å². The average Bonchev–Trinajstić information content (AvgIpc) is 3.00. The smallest absolute Gasteiger partial charge is 0.160 e. The van der Waals surface area contributed by atoms with Gasteiger partial charge in [0.2, 0.25) is 0 Å². The van der Waals surface area contributed by atoms with E-state index in [1.165, 1.54) is 5.56 Å². The first-order valence-corrected chi connectivity index (χ1v) is 9.58. The largest absolute Gasteiger partial charge is 0.491 e. The molecule has 0 unspecified atom stereocenters. The van der Waals surface area contributed by atoms with E-state index in [-0.39, 0.29) is 6.10 Å². The summed E-state index contributed by atoms with van der Waals surface area (Å²) >= 11 is 0. The van der Waals surface area contributed by atoms with Crippen molar-refractivity contribution in [2.45, 2.75) is 26.5 Å². The molecule has 0 atom stereocenters. The zero-order chi connectivity index (χ0) is 19.1. The molecule has 28 heavy (non-hydrogen) atoms. The van der Waals surface area contributed by atoms with Crippen LogP contribution in [0.4, 0.5) is 0 Å². The number of rotatable bonds is 4. The minimum atomic E-state index is 0.173. The second-order valence-corrected chi connectivity index (χ2v) is 7.30. The van der Waals surface area contributed by atoms with Gasteiger partial charge in [-0.2, -0.15) is 0 Å². The fourth-order valence-corrected chi connectivity index (χ4v) is 3.67. The monoisotopic (exact) mass is 367 g/mol. The maximum Gasteiger partial charge on any atom is 0.160 e. The molecule has 0 spiro atoms. The number of hydrogen-bond acceptors (Lipinski definition) is 3. The Labute approximate surface area is 163 Å². The number of hydrogen-bond donors (Lipinski definition) is 0. The van der Waals surface area contributed by atoms with Gasteiger partial charge in [0.1, 0.15) is 11.3 Å². The normalized spacial score (nSPS) is 11.7. The molecule has 0 aliphatic carbocycles. The second kappa shape index (κ2) is 6.64. The summed E-state index contributed by atoms with van der Waals surface area (Å²) in [5.74, 6) is 0.895. The Kier molecular flexibility index (Phi) is 3.97. The van der Waals surface area contributed by atoms with Crippen molar-refractivity contribution < 1.29 is 4.74 Å². The molecule has 0 saturated heterocycles. The Morgan fingerprint density at radius 1 is 0.821 bits per heavy atom. The van der Waals surface area contributed by atoms with Crippen molar-refractivity contribution >= 4 is 33.1 Å². The van der Waals surface area contributed by atoms with Gasteiger partial charge < -0.3 is 9.30 Å². The quantitative estimate of drug-likeness (QED) is 0.417. The highest BCUT2D eigenvalue weighted by Gasteiger charge is 2.14. The van der Waals surface area contributed by atoms with Crippen LogP contribution in [0.25, 0.3) is 33.1 Å². The number of nitrogens with zero attached hydrogens (tertiary/aromatic N) is 3. The van der Waals surface area contributed by atoms with E-state index in [0.717, 1.165) is 45.4 Å². The topological polar surface area (TPSA) is 39.9 Å². The highest BCUT2D eigenvalue weighted by atomic mass is 16.5. The van der Waals surface area contributed by atoms with E-state index >= 15 is 0 Å². The Morgan fingerprint density at radius 3 is 2.25 bits per heavy atom. The lowest BCUT2D eigenvalue weighted by Gasteiger charge is -2.11. The van der Waals surface area contributed by atoms with Gasteiger partial charge in [-0.1, -0.05) is 42.5 Å². The Hall–Kier alpha value is -3.40. The number of fused-ring (bicyclic) bond motifs is 4. The molecule has 4 nitrogen and oxygen atoms in total. The van der Waals surface area contributed by atoms with Gasteiger partial charge in [-0.3, -0.25) is 0 Å². The lowest BCUT2D eigenvalue weighted by Crippen LogP contribution is -2.06. The lowest BCUT2D eigenvalue weighted by atomic mass is 10.2. The summed E-state index contributed by atoms with van der Waals surface area (Å²) in [6.07, 6.45) is 0.173. The summed E-state index contributed by atoms with van der Waals surface area (Å²) in [6, 6.07) is 24.7. The average molecular weight is 367 g/mol.